The maximum absolute atomic E-state index is 12.1. The highest BCUT2D eigenvalue weighted by molar-refractivity contribution is 5.76. The van der Waals surface area contributed by atoms with Gasteiger partial charge in [-0.1, -0.05) is 24.3 Å². The first kappa shape index (κ1) is 12.4. The topological polar surface area (TPSA) is 52.3 Å². The monoisotopic (exact) mass is 257 g/mol. The second-order valence-corrected chi connectivity index (χ2v) is 5.67. The second-order valence-electron chi connectivity index (χ2n) is 5.67. The number of hydrogen-bond acceptors (Lipinski definition) is 3. The minimum Gasteiger partial charge on any atom is -0.426 e. The van der Waals surface area contributed by atoms with Gasteiger partial charge in [0.15, 0.2) is 0 Å². The fraction of sp³-hybridized carbons (Fsp3) is 0.438. The number of fused-ring (bicyclic) bond motifs is 2. The number of carbonyl (C=O) groups excluding carboxylic acids is 1. The zero-order valence-electron chi connectivity index (χ0n) is 11.1. The van der Waals surface area contributed by atoms with Crippen LogP contribution >= 0.6 is 0 Å². The second kappa shape index (κ2) is 4.82. The number of esters is 1. The van der Waals surface area contributed by atoms with E-state index in [9.17, 15) is 4.79 Å². The van der Waals surface area contributed by atoms with E-state index in [1.165, 1.54) is 0 Å². The minimum atomic E-state index is -0.0922. The van der Waals surface area contributed by atoms with Crippen LogP contribution in [0.3, 0.4) is 0 Å². The number of carbonyl (C=O) groups is 1. The molecule has 3 heteroatoms. The lowest BCUT2D eigenvalue weighted by Crippen LogP contribution is -2.24. The van der Waals surface area contributed by atoms with Gasteiger partial charge in [-0.15, -0.1) is 0 Å². The molecule has 2 aliphatic rings. The Morgan fingerprint density at radius 1 is 1.26 bits per heavy atom. The molecule has 0 aromatic heterocycles. The van der Waals surface area contributed by atoms with Gasteiger partial charge in [-0.05, 0) is 49.3 Å². The van der Waals surface area contributed by atoms with Crippen molar-refractivity contribution in [3.05, 3.63) is 42.0 Å². The summed E-state index contributed by atoms with van der Waals surface area (Å²) in [6.07, 6.45) is 6.45. The van der Waals surface area contributed by atoms with Gasteiger partial charge in [-0.3, -0.25) is 4.79 Å². The van der Waals surface area contributed by atoms with Crippen LogP contribution in [0.4, 0.5) is 0 Å². The maximum atomic E-state index is 12.1. The molecule has 0 aliphatic heterocycles. The van der Waals surface area contributed by atoms with Gasteiger partial charge in [0.25, 0.3) is 0 Å². The maximum Gasteiger partial charge on any atom is 0.314 e. The Hall–Kier alpha value is -1.61. The first-order valence-electron chi connectivity index (χ1n) is 6.89. The van der Waals surface area contributed by atoms with Crippen LogP contribution in [0, 0.1) is 17.8 Å². The molecule has 2 bridgehead atoms. The summed E-state index contributed by atoms with van der Waals surface area (Å²) in [5.41, 5.74) is 6.83. The lowest BCUT2D eigenvalue weighted by atomic mass is 9.94. The van der Waals surface area contributed by atoms with Gasteiger partial charge in [0.1, 0.15) is 5.75 Å². The quantitative estimate of drug-likeness (QED) is 0.514. The fourth-order valence-electron chi connectivity index (χ4n) is 3.08. The van der Waals surface area contributed by atoms with Crippen LogP contribution in [-0.4, -0.2) is 5.97 Å². The third-order valence-corrected chi connectivity index (χ3v) is 4.21. The Morgan fingerprint density at radius 3 is 2.53 bits per heavy atom. The molecule has 0 spiro atoms. The summed E-state index contributed by atoms with van der Waals surface area (Å²) < 4.78 is 5.47. The van der Waals surface area contributed by atoms with E-state index >= 15 is 0 Å². The third kappa shape index (κ3) is 2.43. The van der Waals surface area contributed by atoms with Crippen molar-refractivity contribution < 1.29 is 9.53 Å². The number of ether oxygens (including phenoxy) is 1. The van der Waals surface area contributed by atoms with Crippen LogP contribution in [0.2, 0.25) is 0 Å². The molecule has 1 aromatic carbocycles. The van der Waals surface area contributed by atoms with Crippen molar-refractivity contribution in [3.63, 3.8) is 0 Å². The van der Waals surface area contributed by atoms with Crippen molar-refractivity contribution in [2.45, 2.75) is 25.8 Å². The van der Waals surface area contributed by atoms with Crippen LogP contribution in [0.25, 0.3) is 0 Å². The number of hydrogen-bond donors (Lipinski definition) is 1. The van der Waals surface area contributed by atoms with Gasteiger partial charge in [0.2, 0.25) is 0 Å². The Kier molecular flexibility index (Phi) is 3.15. The molecule has 100 valence electrons. The summed E-state index contributed by atoms with van der Waals surface area (Å²) in [4.78, 5) is 12.1. The molecule has 0 amide bonds. The molecule has 19 heavy (non-hydrogen) atoms. The third-order valence-electron chi connectivity index (χ3n) is 4.21. The summed E-state index contributed by atoms with van der Waals surface area (Å²) in [6, 6.07) is 7.46. The fourth-order valence-corrected chi connectivity index (χ4v) is 3.08. The highest BCUT2D eigenvalue weighted by atomic mass is 16.5. The Morgan fingerprint density at radius 2 is 2.00 bits per heavy atom. The van der Waals surface area contributed by atoms with Crippen LogP contribution in [0.1, 0.15) is 31.4 Å². The van der Waals surface area contributed by atoms with Crippen molar-refractivity contribution in [2.75, 3.05) is 0 Å². The van der Waals surface area contributed by atoms with Gasteiger partial charge in [-0.25, -0.2) is 0 Å². The molecule has 4 atom stereocenters. The number of allylic oxidation sites excluding steroid dienone is 2. The van der Waals surface area contributed by atoms with Gasteiger partial charge in [-0.2, -0.15) is 0 Å². The normalized spacial score (nSPS) is 29.5. The highest BCUT2D eigenvalue weighted by Crippen LogP contribution is 2.43. The molecule has 3 nitrogen and oxygen atoms in total. The molecule has 0 heterocycles. The van der Waals surface area contributed by atoms with Crippen molar-refractivity contribution in [1.29, 1.82) is 0 Å². The Balaban J connectivity index is 1.65. The molecular weight excluding hydrogens is 238 g/mol. The summed E-state index contributed by atoms with van der Waals surface area (Å²) in [5, 5.41) is 0. The molecule has 1 fully saturated rings. The minimum absolute atomic E-state index is 0.000422. The summed E-state index contributed by atoms with van der Waals surface area (Å²) in [5.74, 6) is 1.54. The van der Waals surface area contributed by atoms with Gasteiger partial charge in [0.05, 0.1) is 5.92 Å². The summed E-state index contributed by atoms with van der Waals surface area (Å²) >= 11 is 0. The van der Waals surface area contributed by atoms with Crippen LogP contribution in [0.5, 0.6) is 5.75 Å². The van der Waals surface area contributed by atoms with E-state index in [1.54, 1.807) is 0 Å². The van der Waals surface area contributed by atoms with E-state index in [-0.39, 0.29) is 17.9 Å². The van der Waals surface area contributed by atoms with Crippen LogP contribution in [-0.2, 0) is 4.79 Å². The predicted molar refractivity (Wildman–Crippen MR) is 73.5 cm³/mol. The molecule has 0 saturated heterocycles. The van der Waals surface area contributed by atoms with E-state index in [4.69, 9.17) is 10.5 Å². The van der Waals surface area contributed by atoms with E-state index in [0.717, 1.165) is 18.4 Å². The van der Waals surface area contributed by atoms with Gasteiger partial charge < -0.3 is 10.5 Å². The lowest BCUT2D eigenvalue weighted by Gasteiger charge is -2.16. The first-order chi connectivity index (χ1) is 9.13. The van der Waals surface area contributed by atoms with Crippen LogP contribution in [0.15, 0.2) is 36.4 Å². The zero-order chi connectivity index (χ0) is 13.4. The van der Waals surface area contributed by atoms with E-state index in [0.29, 0.717) is 17.6 Å². The van der Waals surface area contributed by atoms with E-state index < -0.39 is 0 Å². The van der Waals surface area contributed by atoms with E-state index in [2.05, 4.69) is 12.2 Å². The molecule has 1 aromatic rings. The SMILES string of the molecule is CC(N)c1ccc(OC(=O)C2CC3C=CC2C3)cc1. The lowest BCUT2D eigenvalue weighted by molar-refractivity contribution is -0.139. The molecule has 2 aliphatic carbocycles. The standard InChI is InChI=1S/C16H19NO2/c1-10(17)12-4-6-14(7-5-12)19-16(18)15-9-11-2-3-13(15)8-11/h2-7,10-11,13,15H,8-9,17H2,1H3. The number of nitrogens with two attached hydrogens (primary N) is 1. The van der Waals surface area contributed by atoms with Gasteiger partial charge in [0, 0.05) is 6.04 Å². The van der Waals surface area contributed by atoms with Crippen molar-refractivity contribution >= 4 is 5.97 Å². The number of rotatable bonds is 3. The molecule has 3 rings (SSSR count). The molecule has 4 unspecified atom stereocenters. The Bertz CT molecular complexity index is 504. The largest absolute Gasteiger partial charge is 0.426 e. The highest BCUT2D eigenvalue weighted by Gasteiger charge is 2.40. The average molecular weight is 257 g/mol. The Labute approximate surface area is 113 Å². The van der Waals surface area contributed by atoms with Crippen molar-refractivity contribution in [2.24, 2.45) is 23.5 Å². The zero-order valence-corrected chi connectivity index (χ0v) is 11.1. The molecule has 2 N–H and O–H groups in total. The van der Waals surface area contributed by atoms with Crippen molar-refractivity contribution in [1.82, 2.24) is 0 Å². The summed E-state index contributed by atoms with van der Waals surface area (Å²) in [6.45, 7) is 1.93. The van der Waals surface area contributed by atoms with Crippen LogP contribution < -0.4 is 10.5 Å². The molecular formula is C16H19NO2. The van der Waals surface area contributed by atoms with Crippen molar-refractivity contribution in [3.8, 4) is 5.75 Å². The first-order valence-corrected chi connectivity index (χ1v) is 6.89. The smallest absolute Gasteiger partial charge is 0.314 e. The number of benzene rings is 1. The molecule has 0 radical (unpaired) electrons. The van der Waals surface area contributed by atoms with E-state index in [1.807, 2.05) is 31.2 Å². The predicted octanol–water partition coefficient (Wildman–Crippen LogP) is 2.82. The summed E-state index contributed by atoms with van der Waals surface area (Å²) in [7, 11) is 0. The van der Waals surface area contributed by atoms with Gasteiger partial charge >= 0.3 is 5.97 Å². The average Bonchev–Trinajstić information content (AvgIpc) is 3.01. The molecule has 1 saturated carbocycles.